The van der Waals surface area contributed by atoms with Gasteiger partial charge < -0.3 is 9.30 Å². The predicted octanol–water partition coefficient (Wildman–Crippen LogP) is 4.81. The van der Waals surface area contributed by atoms with E-state index in [4.69, 9.17) is 9.72 Å². The van der Waals surface area contributed by atoms with Crippen molar-refractivity contribution in [3.63, 3.8) is 0 Å². The normalized spacial score (nSPS) is 13.0. The van der Waals surface area contributed by atoms with Crippen LogP contribution in [0.4, 0.5) is 0 Å². The molecule has 9 heteroatoms. The molecule has 0 unspecified atom stereocenters. The summed E-state index contributed by atoms with van der Waals surface area (Å²) < 4.78 is 35.2. The smallest absolute Gasteiger partial charge is 0.324 e. The molecule has 3 aromatic rings. The fraction of sp³-hybridized carbons (Fsp3) is 0.519. The number of aromatic nitrogens is 3. The summed E-state index contributed by atoms with van der Waals surface area (Å²) in [6, 6.07) is 7.96. The van der Waals surface area contributed by atoms with Crippen LogP contribution in [0.2, 0.25) is 0 Å². The number of unbranched alkanes of at least 4 members (excludes halogenated alkanes) is 2. The van der Waals surface area contributed by atoms with Crippen LogP contribution in [0.5, 0.6) is 0 Å². The lowest BCUT2D eigenvalue weighted by Gasteiger charge is -2.27. The molecule has 0 aliphatic heterocycles. The minimum Gasteiger partial charge on any atom is -0.465 e. The number of sulfonamides is 1. The number of carbonyl (C=O) groups excluding carboxylic acids is 1. The number of fused-ring (bicyclic) bond motifs is 1. The van der Waals surface area contributed by atoms with Crippen LogP contribution in [0.3, 0.4) is 0 Å². The van der Waals surface area contributed by atoms with Crippen molar-refractivity contribution in [1.29, 1.82) is 0 Å². The monoisotopic (exact) mass is 514 g/mol. The molecule has 3 rings (SSSR count). The molecule has 2 heterocycles. The van der Waals surface area contributed by atoms with Crippen LogP contribution in [-0.4, -0.2) is 52.9 Å². The second-order valence-corrected chi connectivity index (χ2v) is 11.5. The molecule has 0 spiro atoms. The van der Waals surface area contributed by atoms with Gasteiger partial charge in [-0.05, 0) is 49.4 Å². The molecule has 196 valence electrons. The summed E-state index contributed by atoms with van der Waals surface area (Å²) >= 11 is 0. The summed E-state index contributed by atoms with van der Waals surface area (Å²) in [7, 11) is -2.43. The third-order valence-electron chi connectivity index (χ3n) is 6.27. The highest BCUT2D eigenvalue weighted by Gasteiger charge is 2.34. The van der Waals surface area contributed by atoms with Crippen molar-refractivity contribution in [2.75, 3.05) is 13.7 Å². The second-order valence-electron chi connectivity index (χ2n) is 9.50. The van der Waals surface area contributed by atoms with E-state index in [1.165, 1.54) is 7.05 Å². The van der Waals surface area contributed by atoms with Crippen molar-refractivity contribution in [2.45, 2.75) is 77.3 Å². The second kappa shape index (κ2) is 12.5. The van der Waals surface area contributed by atoms with Gasteiger partial charge in [0.15, 0.2) is 0 Å². The molecule has 1 atom stereocenters. The van der Waals surface area contributed by atoms with Crippen molar-refractivity contribution < 1.29 is 17.9 Å². The van der Waals surface area contributed by atoms with Crippen molar-refractivity contribution >= 4 is 27.0 Å². The number of carbonyl (C=O) groups is 1. The molecule has 36 heavy (non-hydrogen) atoms. The Morgan fingerprint density at radius 1 is 1.11 bits per heavy atom. The molecule has 0 aliphatic rings. The zero-order chi connectivity index (χ0) is 26.3. The van der Waals surface area contributed by atoms with Crippen LogP contribution in [0.15, 0.2) is 47.6 Å². The summed E-state index contributed by atoms with van der Waals surface area (Å²) in [6.07, 6.45) is 8.15. The number of benzene rings is 1. The Morgan fingerprint density at radius 2 is 1.83 bits per heavy atom. The molecule has 0 aliphatic carbocycles. The number of aryl methyl sites for hydroxylation is 1. The first kappa shape index (κ1) is 27.8. The number of hydrogen-bond acceptors (Lipinski definition) is 6. The number of nitrogens with zero attached hydrogens (tertiary/aromatic N) is 4. The molecule has 0 saturated carbocycles. The van der Waals surface area contributed by atoms with Gasteiger partial charge in [-0.1, -0.05) is 45.7 Å². The summed E-state index contributed by atoms with van der Waals surface area (Å²) in [5.41, 5.74) is 2.84. The molecule has 0 amide bonds. The standard InChI is InChI=1S/C27H38N4O4S/c1-6-8-9-10-26-29-23-18-28-16-15-24(23)31(26)19-21-11-13-22(14-12-21)36(33,34)30(5)25(17-20(3)4)27(32)35-7-2/h11-16,18,20,25H,6-10,17,19H2,1-5H3/t25-/m0/s1. The molecule has 2 aromatic heterocycles. The Hall–Kier alpha value is -2.78. The van der Waals surface area contributed by atoms with E-state index in [0.717, 1.165) is 52.4 Å². The molecule has 0 bridgehead atoms. The number of imidazole rings is 1. The van der Waals surface area contributed by atoms with Crippen LogP contribution in [0.1, 0.15) is 64.8 Å². The highest BCUT2D eigenvalue weighted by molar-refractivity contribution is 7.89. The average Bonchev–Trinajstić information content (AvgIpc) is 3.19. The fourth-order valence-electron chi connectivity index (χ4n) is 4.29. The number of ether oxygens (including phenoxy) is 1. The fourth-order valence-corrected chi connectivity index (χ4v) is 5.61. The van der Waals surface area contributed by atoms with Gasteiger partial charge in [-0.3, -0.25) is 9.78 Å². The highest BCUT2D eigenvalue weighted by Crippen LogP contribution is 2.23. The van der Waals surface area contributed by atoms with E-state index >= 15 is 0 Å². The largest absolute Gasteiger partial charge is 0.465 e. The SMILES string of the molecule is CCCCCc1nc2cnccc2n1Cc1ccc(S(=O)(=O)N(C)[C@@H](CC(C)C)C(=O)OCC)cc1. The number of pyridine rings is 1. The van der Waals surface area contributed by atoms with Gasteiger partial charge in [-0.2, -0.15) is 4.31 Å². The molecular weight excluding hydrogens is 476 g/mol. The van der Waals surface area contributed by atoms with Gasteiger partial charge >= 0.3 is 5.97 Å². The molecule has 0 saturated heterocycles. The summed E-state index contributed by atoms with van der Waals surface area (Å²) in [6.45, 7) is 8.58. The average molecular weight is 515 g/mol. The third-order valence-corrected chi connectivity index (χ3v) is 8.15. The number of esters is 1. The maximum Gasteiger partial charge on any atom is 0.324 e. The zero-order valence-electron chi connectivity index (χ0n) is 22.0. The maximum absolute atomic E-state index is 13.4. The predicted molar refractivity (Wildman–Crippen MR) is 141 cm³/mol. The minimum absolute atomic E-state index is 0.131. The molecule has 1 aromatic carbocycles. The van der Waals surface area contributed by atoms with E-state index in [1.54, 1.807) is 31.5 Å². The quantitative estimate of drug-likeness (QED) is 0.240. The van der Waals surface area contributed by atoms with Crippen LogP contribution in [0.25, 0.3) is 11.0 Å². The number of rotatable bonds is 13. The highest BCUT2D eigenvalue weighted by atomic mass is 32.2. The van der Waals surface area contributed by atoms with Crippen molar-refractivity contribution in [3.8, 4) is 0 Å². The van der Waals surface area contributed by atoms with Gasteiger partial charge in [-0.15, -0.1) is 0 Å². The number of hydrogen-bond donors (Lipinski definition) is 0. The van der Waals surface area contributed by atoms with Gasteiger partial charge in [-0.25, -0.2) is 13.4 Å². The molecule has 8 nitrogen and oxygen atoms in total. The Morgan fingerprint density at radius 3 is 2.47 bits per heavy atom. The summed E-state index contributed by atoms with van der Waals surface area (Å²) in [5.74, 6) is 0.617. The van der Waals surface area contributed by atoms with Crippen molar-refractivity contribution in [1.82, 2.24) is 18.8 Å². The van der Waals surface area contributed by atoms with Gasteiger partial charge in [0.2, 0.25) is 10.0 Å². The molecular formula is C27H38N4O4S. The van der Waals surface area contributed by atoms with Crippen LogP contribution < -0.4 is 0 Å². The lowest BCUT2D eigenvalue weighted by Crippen LogP contribution is -2.44. The summed E-state index contributed by atoms with van der Waals surface area (Å²) in [5, 5.41) is 0. The molecule has 0 radical (unpaired) electrons. The first-order chi connectivity index (χ1) is 17.2. The zero-order valence-corrected chi connectivity index (χ0v) is 22.8. The van der Waals surface area contributed by atoms with E-state index in [1.807, 2.05) is 32.0 Å². The van der Waals surface area contributed by atoms with Gasteiger partial charge in [0.05, 0.1) is 23.2 Å². The van der Waals surface area contributed by atoms with Crippen LogP contribution in [-0.2, 0) is 32.5 Å². The van der Waals surface area contributed by atoms with E-state index < -0.39 is 22.0 Å². The van der Waals surface area contributed by atoms with Crippen molar-refractivity contribution in [3.05, 3.63) is 54.1 Å². The topological polar surface area (TPSA) is 94.4 Å². The molecule has 0 fully saturated rings. The Bertz CT molecular complexity index is 1250. The van der Waals surface area contributed by atoms with E-state index in [-0.39, 0.29) is 17.4 Å². The van der Waals surface area contributed by atoms with Crippen molar-refractivity contribution in [2.24, 2.45) is 5.92 Å². The van der Waals surface area contributed by atoms with E-state index in [9.17, 15) is 13.2 Å². The van der Waals surface area contributed by atoms with Gasteiger partial charge in [0, 0.05) is 26.2 Å². The van der Waals surface area contributed by atoms with E-state index in [2.05, 4.69) is 16.5 Å². The lowest BCUT2D eigenvalue weighted by atomic mass is 10.0. The first-order valence-electron chi connectivity index (χ1n) is 12.7. The molecule has 0 N–H and O–H groups in total. The first-order valence-corrected chi connectivity index (χ1v) is 14.2. The van der Waals surface area contributed by atoms with Gasteiger partial charge in [0.25, 0.3) is 0 Å². The Kier molecular flexibility index (Phi) is 9.62. The summed E-state index contributed by atoms with van der Waals surface area (Å²) in [4.78, 5) is 21.7. The number of likely N-dealkylation sites (N-methyl/N-ethyl adjacent to an activating group) is 1. The van der Waals surface area contributed by atoms with Gasteiger partial charge in [0.1, 0.15) is 17.4 Å². The van der Waals surface area contributed by atoms with Crippen LogP contribution >= 0.6 is 0 Å². The Labute approximate surface area is 214 Å². The third kappa shape index (κ3) is 6.50. The minimum atomic E-state index is -3.88. The lowest BCUT2D eigenvalue weighted by molar-refractivity contribution is -0.147. The van der Waals surface area contributed by atoms with Crippen LogP contribution in [0, 0.1) is 5.92 Å². The maximum atomic E-state index is 13.4. The Balaban J connectivity index is 1.85. The van der Waals surface area contributed by atoms with E-state index in [0.29, 0.717) is 13.0 Å².